The number of halogens is 2. The number of rotatable bonds is 4. The number of amides is 2. The van der Waals surface area contributed by atoms with E-state index in [0.29, 0.717) is 12.5 Å². The third kappa shape index (κ3) is 3.76. The van der Waals surface area contributed by atoms with Gasteiger partial charge in [0.05, 0.1) is 18.8 Å². The van der Waals surface area contributed by atoms with Crippen LogP contribution >= 0.6 is 11.8 Å². The number of hydrogen-bond donors (Lipinski definition) is 1. The summed E-state index contributed by atoms with van der Waals surface area (Å²) in [5, 5.41) is 2.58. The van der Waals surface area contributed by atoms with Gasteiger partial charge in [0.2, 0.25) is 5.91 Å². The number of ether oxygens (including phenoxy) is 1. The van der Waals surface area contributed by atoms with E-state index in [9.17, 15) is 18.4 Å². The molecule has 0 saturated carbocycles. The Labute approximate surface area is 166 Å². The van der Waals surface area contributed by atoms with Gasteiger partial charge in [-0.3, -0.25) is 9.69 Å². The number of nitrogens with one attached hydrogen (secondary N) is 1. The molecule has 9 heteroatoms. The highest BCUT2D eigenvalue weighted by atomic mass is 32.2. The molecule has 2 bridgehead atoms. The fourth-order valence-electron chi connectivity index (χ4n) is 4.13. The van der Waals surface area contributed by atoms with Crippen molar-refractivity contribution in [3.05, 3.63) is 23.8 Å². The first-order chi connectivity index (χ1) is 13.4. The molecular weight excluding hydrogens is 388 g/mol. The van der Waals surface area contributed by atoms with E-state index >= 15 is 0 Å². The first-order valence-electron chi connectivity index (χ1n) is 9.48. The summed E-state index contributed by atoms with van der Waals surface area (Å²) in [6, 6.07) is 2.54. The Kier molecular flexibility index (Phi) is 5.35. The van der Waals surface area contributed by atoms with E-state index in [0.717, 1.165) is 24.3 Å². The third-order valence-electron chi connectivity index (χ3n) is 5.52. The van der Waals surface area contributed by atoms with Gasteiger partial charge in [-0.1, -0.05) is 0 Å². The number of carbonyl (C=O) groups is 2. The van der Waals surface area contributed by atoms with Gasteiger partial charge in [0.25, 0.3) is 0 Å². The molecule has 28 heavy (non-hydrogen) atoms. The van der Waals surface area contributed by atoms with E-state index in [1.807, 2.05) is 16.7 Å². The van der Waals surface area contributed by atoms with Gasteiger partial charge in [0.1, 0.15) is 11.8 Å². The Hall–Kier alpha value is -2.03. The van der Waals surface area contributed by atoms with Crippen molar-refractivity contribution in [2.24, 2.45) is 5.92 Å². The molecule has 2 unspecified atom stereocenters. The quantitative estimate of drug-likeness (QED) is 0.826. The van der Waals surface area contributed by atoms with Crippen molar-refractivity contribution in [3.63, 3.8) is 0 Å². The van der Waals surface area contributed by atoms with Gasteiger partial charge < -0.3 is 15.0 Å². The van der Waals surface area contributed by atoms with Crippen LogP contribution in [0.1, 0.15) is 19.8 Å². The SMILES string of the molecule is CC(=O)NC[C@H]1CN(c2cc(F)c(N3CC4CCC3CSC4)c(F)c2)C(=O)O1. The summed E-state index contributed by atoms with van der Waals surface area (Å²) in [5.41, 5.74) is 0.131. The van der Waals surface area contributed by atoms with E-state index in [-0.39, 0.29) is 36.4 Å². The Morgan fingerprint density at radius 3 is 2.71 bits per heavy atom. The monoisotopic (exact) mass is 411 g/mol. The Bertz CT molecular complexity index is 767. The van der Waals surface area contributed by atoms with Crippen LogP contribution in [0, 0.1) is 17.6 Å². The van der Waals surface area contributed by atoms with Crippen LogP contribution in [0.5, 0.6) is 0 Å². The van der Waals surface area contributed by atoms with E-state index in [1.54, 1.807) is 0 Å². The zero-order valence-corrected chi connectivity index (χ0v) is 16.4. The molecule has 0 aromatic heterocycles. The largest absolute Gasteiger partial charge is 0.442 e. The molecule has 6 nitrogen and oxygen atoms in total. The summed E-state index contributed by atoms with van der Waals surface area (Å²) in [6.07, 6.45) is 0.819. The number of anilines is 2. The molecular formula is C19H23F2N3O3S. The van der Waals surface area contributed by atoms with Gasteiger partial charge in [-0.2, -0.15) is 11.8 Å². The van der Waals surface area contributed by atoms with Crippen molar-refractivity contribution >= 4 is 35.1 Å². The van der Waals surface area contributed by atoms with E-state index in [4.69, 9.17) is 4.74 Å². The van der Waals surface area contributed by atoms with Crippen LogP contribution < -0.4 is 15.1 Å². The Morgan fingerprint density at radius 1 is 1.25 bits per heavy atom. The summed E-state index contributed by atoms with van der Waals surface area (Å²) in [5.74, 6) is 0.798. The van der Waals surface area contributed by atoms with Crippen molar-refractivity contribution in [2.45, 2.75) is 31.9 Å². The van der Waals surface area contributed by atoms with Crippen molar-refractivity contribution in [2.75, 3.05) is 40.9 Å². The van der Waals surface area contributed by atoms with Gasteiger partial charge in [0, 0.05) is 37.4 Å². The minimum atomic E-state index is -0.674. The predicted molar refractivity (Wildman–Crippen MR) is 104 cm³/mol. The molecule has 5 rings (SSSR count). The standard InChI is InChI=1S/C19H23F2N3O3S/c1-11(25)22-6-15-8-24(19(26)27-15)14-4-16(20)18(17(21)5-14)23-7-12-2-3-13(23)10-28-9-12/h4-5,12-13,15H,2-3,6-10H2,1H3,(H,22,25)/t12?,13?,15-/m0/s1. The topological polar surface area (TPSA) is 61.9 Å². The maximum Gasteiger partial charge on any atom is 0.414 e. The lowest BCUT2D eigenvalue weighted by Crippen LogP contribution is -2.44. The number of fused-ring (bicyclic) bond motifs is 4. The fraction of sp³-hybridized carbons (Fsp3) is 0.579. The molecule has 4 aliphatic rings. The van der Waals surface area contributed by atoms with E-state index in [2.05, 4.69) is 5.32 Å². The molecule has 0 aliphatic carbocycles. The third-order valence-corrected chi connectivity index (χ3v) is 6.85. The second kappa shape index (κ2) is 7.77. The van der Waals surface area contributed by atoms with Gasteiger partial charge >= 0.3 is 6.09 Å². The molecule has 4 aliphatic heterocycles. The van der Waals surface area contributed by atoms with Crippen LogP contribution in [0.25, 0.3) is 0 Å². The molecule has 4 fully saturated rings. The molecule has 3 atom stereocenters. The lowest BCUT2D eigenvalue weighted by molar-refractivity contribution is -0.119. The molecule has 4 saturated heterocycles. The fourth-order valence-corrected chi connectivity index (χ4v) is 5.50. The lowest BCUT2D eigenvalue weighted by Gasteiger charge is -2.38. The van der Waals surface area contributed by atoms with Crippen LogP contribution in [0.2, 0.25) is 0 Å². The van der Waals surface area contributed by atoms with Crippen LogP contribution in [-0.2, 0) is 9.53 Å². The number of benzene rings is 1. The first-order valence-corrected chi connectivity index (χ1v) is 10.6. The van der Waals surface area contributed by atoms with Crippen LogP contribution in [-0.4, -0.2) is 55.3 Å². The average Bonchev–Trinajstić information content (AvgIpc) is 2.80. The van der Waals surface area contributed by atoms with Crippen molar-refractivity contribution in [1.29, 1.82) is 0 Å². The Morgan fingerprint density at radius 2 is 2.00 bits per heavy atom. The summed E-state index contributed by atoms with van der Waals surface area (Å²) in [6.45, 7) is 2.32. The normalized spacial score (nSPS) is 27.0. The molecule has 2 amide bonds. The second-order valence-electron chi connectivity index (χ2n) is 7.60. The summed E-state index contributed by atoms with van der Waals surface area (Å²) < 4.78 is 35.1. The lowest BCUT2D eigenvalue weighted by atomic mass is 9.94. The summed E-state index contributed by atoms with van der Waals surface area (Å²) in [7, 11) is 0. The highest BCUT2D eigenvalue weighted by Gasteiger charge is 2.37. The molecule has 1 aromatic rings. The Balaban J connectivity index is 1.55. The van der Waals surface area contributed by atoms with Crippen molar-refractivity contribution < 1.29 is 23.1 Å². The van der Waals surface area contributed by atoms with Crippen molar-refractivity contribution in [3.8, 4) is 0 Å². The first kappa shape index (κ1) is 19.3. The number of hydrogen-bond acceptors (Lipinski definition) is 5. The van der Waals surface area contributed by atoms with Gasteiger partial charge in [0.15, 0.2) is 11.6 Å². The maximum absolute atomic E-state index is 15.0. The molecule has 1 aromatic carbocycles. The molecule has 0 spiro atoms. The number of cyclic esters (lactones) is 1. The molecule has 152 valence electrons. The van der Waals surface area contributed by atoms with E-state index in [1.165, 1.54) is 24.0 Å². The highest BCUT2D eigenvalue weighted by molar-refractivity contribution is 7.99. The smallest absolute Gasteiger partial charge is 0.414 e. The van der Waals surface area contributed by atoms with Crippen LogP contribution in [0.3, 0.4) is 0 Å². The van der Waals surface area contributed by atoms with Crippen molar-refractivity contribution in [1.82, 2.24) is 5.32 Å². The number of thioether (sulfide) groups is 1. The zero-order valence-electron chi connectivity index (χ0n) is 15.6. The molecule has 1 N–H and O–H groups in total. The second-order valence-corrected chi connectivity index (χ2v) is 8.67. The number of nitrogens with zero attached hydrogens (tertiary/aromatic N) is 2. The number of carbonyl (C=O) groups excluding carboxylic acids is 2. The van der Waals surface area contributed by atoms with Gasteiger partial charge in [-0.25, -0.2) is 13.6 Å². The van der Waals surface area contributed by atoms with Gasteiger partial charge in [-0.05, 0) is 24.5 Å². The molecule has 4 heterocycles. The minimum absolute atomic E-state index is 0.00307. The number of piperidine rings is 1. The zero-order chi connectivity index (χ0) is 19.8. The average molecular weight is 411 g/mol. The minimum Gasteiger partial charge on any atom is -0.442 e. The predicted octanol–water partition coefficient (Wildman–Crippen LogP) is 2.76. The maximum atomic E-state index is 15.0. The molecule has 0 radical (unpaired) electrons. The van der Waals surface area contributed by atoms with Crippen LogP contribution in [0.4, 0.5) is 25.0 Å². The summed E-state index contributed by atoms with van der Waals surface area (Å²) in [4.78, 5) is 26.2. The van der Waals surface area contributed by atoms with Crippen LogP contribution in [0.15, 0.2) is 12.1 Å². The van der Waals surface area contributed by atoms with Gasteiger partial charge in [-0.15, -0.1) is 0 Å². The van der Waals surface area contributed by atoms with E-state index < -0.39 is 23.8 Å². The summed E-state index contributed by atoms with van der Waals surface area (Å²) >= 11 is 1.85. The highest BCUT2D eigenvalue weighted by Crippen LogP contribution is 2.39.